The third-order valence-corrected chi connectivity index (χ3v) is 3.88. The molecule has 1 aliphatic rings. The maximum atomic E-state index is 12.2. The van der Waals surface area contributed by atoms with Gasteiger partial charge in [0.05, 0.1) is 29.0 Å². The molecule has 0 bridgehead atoms. The van der Waals surface area contributed by atoms with Gasteiger partial charge in [-0.05, 0) is 31.9 Å². The Balaban J connectivity index is 1.61. The fourth-order valence-corrected chi connectivity index (χ4v) is 2.64. The van der Waals surface area contributed by atoms with Gasteiger partial charge in [-0.15, -0.1) is 0 Å². The molecular formula is C16H20N4O. The third kappa shape index (κ3) is 3.19. The highest BCUT2D eigenvalue weighted by atomic mass is 16.2. The van der Waals surface area contributed by atoms with E-state index < -0.39 is 0 Å². The van der Waals surface area contributed by atoms with Gasteiger partial charge in [0.15, 0.2) is 0 Å². The van der Waals surface area contributed by atoms with Crippen molar-refractivity contribution >= 4 is 16.9 Å². The van der Waals surface area contributed by atoms with Crippen LogP contribution in [-0.4, -0.2) is 39.9 Å². The van der Waals surface area contributed by atoms with Gasteiger partial charge in [0, 0.05) is 19.6 Å². The van der Waals surface area contributed by atoms with Crippen molar-refractivity contribution in [2.75, 3.05) is 13.1 Å². The predicted molar refractivity (Wildman–Crippen MR) is 81.7 cm³/mol. The van der Waals surface area contributed by atoms with Crippen molar-refractivity contribution in [1.29, 1.82) is 0 Å². The summed E-state index contributed by atoms with van der Waals surface area (Å²) in [7, 11) is 0. The van der Waals surface area contributed by atoms with E-state index in [1.165, 1.54) is 0 Å². The third-order valence-electron chi connectivity index (χ3n) is 3.88. The van der Waals surface area contributed by atoms with Gasteiger partial charge in [0.25, 0.3) is 0 Å². The van der Waals surface area contributed by atoms with E-state index in [4.69, 9.17) is 0 Å². The van der Waals surface area contributed by atoms with Gasteiger partial charge in [-0.1, -0.05) is 12.1 Å². The van der Waals surface area contributed by atoms with Crippen molar-refractivity contribution in [2.45, 2.75) is 32.4 Å². The van der Waals surface area contributed by atoms with Gasteiger partial charge in [-0.25, -0.2) is 4.98 Å². The van der Waals surface area contributed by atoms with E-state index in [2.05, 4.69) is 15.3 Å². The van der Waals surface area contributed by atoms with Gasteiger partial charge in [0.1, 0.15) is 0 Å². The van der Waals surface area contributed by atoms with E-state index in [0.29, 0.717) is 6.54 Å². The standard InChI is InChI=1S/C16H20N4O/c1-12(16(21)20-8-4-5-9-20)17-10-13-11-18-14-6-2-3-7-15(14)19-13/h2-3,6-7,11-12,17H,4-5,8-10H2,1H3. The van der Waals surface area contributed by atoms with Crippen molar-refractivity contribution in [3.8, 4) is 0 Å². The molecule has 21 heavy (non-hydrogen) atoms. The highest BCUT2D eigenvalue weighted by Crippen LogP contribution is 2.10. The molecule has 2 heterocycles. The first-order valence-electron chi connectivity index (χ1n) is 7.47. The molecular weight excluding hydrogens is 264 g/mol. The van der Waals surface area contributed by atoms with Crippen LogP contribution in [0.1, 0.15) is 25.5 Å². The molecule has 1 aromatic heterocycles. The number of nitrogens with one attached hydrogen (secondary N) is 1. The predicted octanol–water partition coefficient (Wildman–Crippen LogP) is 1.73. The molecule has 1 unspecified atom stereocenters. The van der Waals surface area contributed by atoms with Gasteiger partial charge < -0.3 is 10.2 Å². The number of nitrogens with zero attached hydrogens (tertiary/aromatic N) is 3. The Hall–Kier alpha value is -2.01. The maximum Gasteiger partial charge on any atom is 0.239 e. The molecule has 3 rings (SSSR count). The number of carbonyl (C=O) groups excluding carboxylic acids is 1. The van der Waals surface area contributed by atoms with Gasteiger partial charge >= 0.3 is 0 Å². The summed E-state index contributed by atoms with van der Waals surface area (Å²) in [4.78, 5) is 23.1. The fourth-order valence-electron chi connectivity index (χ4n) is 2.64. The zero-order valence-electron chi connectivity index (χ0n) is 12.2. The summed E-state index contributed by atoms with van der Waals surface area (Å²) >= 11 is 0. The molecule has 0 saturated carbocycles. The van der Waals surface area contributed by atoms with Crippen molar-refractivity contribution in [1.82, 2.24) is 20.2 Å². The number of rotatable bonds is 4. The van der Waals surface area contributed by atoms with Crippen LogP contribution in [0.4, 0.5) is 0 Å². The van der Waals surface area contributed by atoms with Crippen molar-refractivity contribution < 1.29 is 4.79 Å². The quantitative estimate of drug-likeness (QED) is 0.929. The molecule has 5 heteroatoms. The van der Waals surface area contributed by atoms with Gasteiger partial charge in [-0.3, -0.25) is 9.78 Å². The van der Waals surface area contributed by atoms with E-state index in [1.807, 2.05) is 36.1 Å². The zero-order valence-corrected chi connectivity index (χ0v) is 12.2. The summed E-state index contributed by atoms with van der Waals surface area (Å²) in [6.45, 7) is 4.25. The average molecular weight is 284 g/mol. The summed E-state index contributed by atoms with van der Waals surface area (Å²) in [6.07, 6.45) is 4.01. The highest BCUT2D eigenvalue weighted by molar-refractivity contribution is 5.81. The largest absolute Gasteiger partial charge is 0.341 e. The number of amides is 1. The zero-order chi connectivity index (χ0) is 14.7. The van der Waals surface area contributed by atoms with Crippen LogP contribution < -0.4 is 5.32 Å². The molecule has 5 nitrogen and oxygen atoms in total. The van der Waals surface area contributed by atoms with Gasteiger partial charge in [0.2, 0.25) is 5.91 Å². The van der Waals surface area contributed by atoms with Crippen LogP contribution in [0.3, 0.4) is 0 Å². The summed E-state index contributed by atoms with van der Waals surface area (Å²) in [5.41, 5.74) is 2.63. The lowest BCUT2D eigenvalue weighted by atomic mass is 10.2. The Kier molecular flexibility index (Phi) is 4.10. The van der Waals surface area contributed by atoms with Crippen LogP contribution in [0.5, 0.6) is 0 Å². The number of para-hydroxylation sites is 2. The first kappa shape index (κ1) is 13.9. The average Bonchev–Trinajstić information content (AvgIpc) is 3.06. The first-order chi connectivity index (χ1) is 10.2. The minimum absolute atomic E-state index is 0.182. The molecule has 110 valence electrons. The molecule has 0 radical (unpaired) electrons. The van der Waals surface area contributed by atoms with Crippen LogP contribution in [0.2, 0.25) is 0 Å². The topological polar surface area (TPSA) is 58.1 Å². The van der Waals surface area contributed by atoms with Crippen molar-refractivity contribution in [3.63, 3.8) is 0 Å². The fraction of sp³-hybridized carbons (Fsp3) is 0.438. The van der Waals surface area contributed by atoms with Crippen LogP contribution in [0.25, 0.3) is 11.0 Å². The van der Waals surface area contributed by atoms with Crippen LogP contribution in [0.15, 0.2) is 30.5 Å². The molecule has 1 fully saturated rings. The number of likely N-dealkylation sites (tertiary alicyclic amines) is 1. The number of benzene rings is 1. The van der Waals surface area contributed by atoms with E-state index >= 15 is 0 Å². The Morgan fingerprint density at radius 3 is 2.76 bits per heavy atom. The monoisotopic (exact) mass is 284 g/mol. The summed E-state index contributed by atoms with van der Waals surface area (Å²) in [6, 6.07) is 7.61. The molecule has 1 aliphatic heterocycles. The van der Waals surface area contributed by atoms with E-state index in [9.17, 15) is 4.79 Å². The summed E-state index contributed by atoms with van der Waals surface area (Å²) < 4.78 is 0. The second-order valence-corrected chi connectivity index (χ2v) is 5.49. The van der Waals surface area contributed by atoms with Crippen LogP contribution >= 0.6 is 0 Å². The molecule has 0 aliphatic carbocycles. The van der Waals surface area contributed by atoms with Crippen molar-refractivity contribution in [2.24, 2.45) is 0 Å². The highest BCUT2D eigenvalue weighted by Gasteiger charge is 2.22. The smallest absolute Gasteiger partial charge is 0.239 e. The molecule has 1 amide bonds. The lowest BCUT2D eigenvalue weighted by molar-refractivity contribution is -0.131. The van der Waals surface area contributed by atoms with Crippen molar-refractivity contribution in [3.05, 3.63) is 36.2 Å². The van der Waals surface area contributed by atoms with E-state index in [0.717, 1.165) is 42.7 Å². The minimum Gasteiger partial charge on any atom is -0.341 e. The van der Waals surface area contributed by atoms with Crippen LogP contribution in [0, 0.1) is 0 Å². The number of carbonyl (C=O) groups is 1. The lowest BCUT2D eigenvalue weighted by Gasteiger charge is -2.21. The molecule has 0 spiro atoms. The molecule has 1 aromatic carbocycles. The number of fused-ring (bicyclic) bond motifs is 1. The molecule has 1 atom stereocenters. The Bertz CT molecular complexity index is 637. The minimum atomic E-state index is -0.184. The molecule has 1 saturated heterocycles. The number of aromatic nitrogens is 2. The Morgan fingerprint density at radius 1 is 1.29 bits per heavy atom. The first-order valence-corrected chi connectivity index (χ1v) is 7.47. The lowest BCUT2D eigenvalue weighted by Crippen LogP contribution is -2.43. The Labute approximate surface area is 124 Å². The van der Waals surface area contributed by atoms with Gasteiger partial charge in [-0.2, -0.15) is 0 Å². The summed E-state index contributed by atoms with van der Waals surface area (Å²) in [5.74, 6) is 0.182. The van der Waals surface area contributed by atoms with E-state index in [-0.39, 0.29) is 11.9 Å². The Morgan fingerprint density at radius 2 is 2.00 bits per heavy atom. The summed E-state index contributed by atoms with van der Waals surface area (Å²) in [5, 5.41) is 3.25. The van der Waals surface area contributed by atoms with E-state index in [1.54, 1.807) is 6.20 Å². The molecule has 2 aromatic rings. The SMILES string of the molecule is CC(NCc1cnc2ccccc2n1)C(=O)N1CCCC1. The maximum absolute atomic E-state index is 12.2. The van der Waals surface area contributed by atoms with Crippen LogP contribution in [-0.2, 0) is 11.3 Å². The second kappa shape index (κ2) is 6.18. The normalized spacial score (nSPS) is 16.3. The number of hydrogen-bond acceptors (Lipinski definition) is 4. The number of hydrogen-bond donors (Lipinski definition) is 1. The second-order valence-electron chi connectivity index (χ2n) is 5.49. The molecule has 1 N–H and O–H groups in total.